The molecule has 1 aliphatic rings. The van der Waals surface area contributed by atoms with Crippen LogP contribution in [0.3, 0.4) is 0 Å². The van der Waals surface area contributed by atoms with Crippen LogP contribution in [0.2, 0.25) is 0 Å². The average Bonchev–Trinajstić information content (AvgIpc) is 3.06. The maximum absolute atomic E-state index is 11.3. The molecule has 1 rings (SSSR count). The fourth-order valence-electron chi connectivity index (χ4n) is 1.35. The minimum absolute atomic E-state index is 0.0632. The van der Waals surface area contributed by atoms with E-state index in [1.165, 1.54) is 0 Å². The lowest BCUT2D eigenvalue weighted by Gasteiger charge is -2.05. The van der Waals surface area contributed by atoms with Gasteiger partial charge in [-0.2, -0.15) is 0 Å². The molecule has 1 fully saturated rings. The van der Waals surface area contributed by atoms with Gasteiger partial charge in [-0.1, -0.05) is 0 Å². The van der Waals surface area contributed by atoms with Gasteiger partial charge >= 0.3 is 0 Å². The van der Waals surface area contributed by atoms with Crippen molar-refractivity contribution in [2.24, 2.45) is 0 Å². The van der Waals surface area contributed by atoms with Gasteiger partial charge in [0.1, 0.15) is 0 Å². The topological polar surface area (TPSA) is 70.2 Å². The lowest BCUT2D eigenvalue weighted by atomic mass is 10.3. The Morgan fingerprint density at radius 1 is 1.12 bits per heavy atom. The van der Waals surface area contributed by atoms with Crippen LogP contribution in [0.25, 0.3) is 0 Å². The Morgan fingerprint density at radius 2 is 1.88 bits per heavy atom. The fraction of sp³-hybridized carbons (Fsp3) is 0.818. The number of carbonyl (C=O) groups excluding carboxylic acids is 2. The molecule has 0 saturated heterocycles. The maximum Gasteiger partial charge on any atom is 0.221 e. The van der Waals surface area contributed by atoms with Gasteiger partial charge in [-0.3, -0.25) is 9.59 Å². The molecule has 5 nitrogen and oxygen atoms in total. The molecule has 0 aromatic rings. The summed E-state index contributed by atoms with van der Waals surface area (Å²) in [5.41, 5.74) is 0. The van der Waals surface area contributed by atoms with Crippen molar-refractivity contribution in [2.45, 2.75) is 38.1 Å². The van der Waals surface area contributed by atoms with Gasteiger partial charge in [0.15, 0.2) is 0 Å². The quantitative estimate of drug-likeness (QED) is 0.502. The molecule has 5 heteroatoms. The summed E-state index contributed by atoms with van der Waals surface area (Å²) in [4.78, 5) is 22.1. The normalized spacial score (nSPS) is 14.6. The van der Waals surface area contributed by atoms with Crippen molar-refractivity contribution in [3.8, 4) is 0 Å². The SMILES string of the molecule is CNC(=O)CCCNCCC(=O)NC1CC1. The minimum Gasteiger partial charge on any atom is -0.359 e. The van der Waals surface area contributed by atoms with Gasteiger partial charge in [0.2, 0.25) is 11.8 Å². The summed E-state index contributed by atoms with van der Waals surface area (Å²) in [6, 6.07) is 0.445. The van der Waals surface area contributed by atoms with E-state index in [9.17, 15) is 9.59 Å². The third kappa shape index (κ3) is 6.40. The highest BCUT2D eigenvalue weighted by atomic mass is 16.2. The number of amides is 2. The third-order valence-electron chi connectivity index (χ3n) is 2.51. The Kier molecular flexibility index (Phi) is 5.85. The summed E-state index contributed by atoms with van der Waals surface area (Å²) in [6.45, 7) is 1.47. The number of hydrogen-bond donors (Lipinski definition) is 3. The van der Waals surface area contributed by atoms with Crippen LogP contribution in [0.5, 0.6) is 0 Å². The molecule has 1 aliphatic carbocycles. The first-order valence-electron chi connectivity index (χ1n) is 5.93. The molecule has 0 aliphatic heterocycles. The summed E-state index contributed by atoms with van der Waals surface area (Å²) < 4.78 is 0. The predicted molar refractivity (Wildman–Crippen MR) is 62.0 cm³/mol. The zero-order valence-electron chi connectivity index (χ0n) is 9.84. The molecule has 0 heterocycles. The Labute approximate surface area is 96.4 Å². The summed E-state index contributed by atoms with van der Waals surface area (Å²) in [6.07, 6.45) is 4.13. The second kappa shape index (κ2) is 7.22. The summed E-state index contributed by atoms with van der Waals surface area (Å²) in [7, 11) is 1.64. The van der Waals surface area contributed by atoms with Gasteiger partial charge in [0, 0.05) is 32.5 Å². The Hall–Kier alpha value is -1.10. The van der Waals surface area contributed by atoms with E-state index in [0.717, 1.165) is 25.8 Å². The number of rotatable bonds is 8. The summed E-state index contributed by atoms with van der Waals surface area (Å²) in [5, 5.41) is 8.65. The smallest absolute Gasteiger partial charge is 0.221 e. The first-order valence-corrected chi connectivity index (χ1v) is 5.93. The lowest BCUT2D eigenvalue weighted by molar-refractivity contribution is -0.122. The van der Waals surface area contributed by atoms with Crippen molar-refractivity contribution < 1.29 is 9.59 Å². The Morgan fingerprint density at radius 3 is 2.50 bits per heavy atom. The average molecular weight is 227 g/mol. The van der Waals surface area contributed by atoms with E-state index in [0.29, 0.717) is 25.4 Å². The van der Waals surface area contributed by atoms with E-state index in [2.05, 4.69) is 16.0 Å². The van der Waals surface area contributed by atoms with Gasteiger partial charge in [0.25, 0.3) is 0 Å². The van der Waals surface area contributed by atoms with E-state index in [-0.39, 0.29) is 11.8 Å². The molecular weight excluding hydrogens is 206 g/mol. The van der Waals surface area contributed by atoms with Gasteiger partial charge in [0.05, 0.1) is 0 Å². The monoisotopic (exact) mass is 227 g/mol. The van der Waals surface area contributed by atoms with Crippen LogP contribution >= 0.6 is 0 Å². The highest BCUT2D eigenvalue weighted by molar-refractivity contribution is 5.76. The molecule has 0 aromatic heterocycles. The molecule has 0 bridgehead atoms. The molecule has 0 spiro atoms. The molecule has 1 saturated carbocycles. The van der Waals surface area contributed by atoms with Crippen molar-refractivity contribution in [3.63, 3.8) is 0 Å². The van der Waals surface area contributed by atoms with Crippen LogP contribution < -0.4 is 16.0 Å². The van der Waals surface area contributed by atoms with Crippen LogP contribution in [0.15, 0.2) is 0 Å². The maximum atomic E-state index is 11.3. The van der Waals surface area contributed by atoms with Crippen LogP contribution in [0, 0.1) is 0 Å². The van der Waals surface area contributed by atoms with Crippen LogP contribution in [-0.4, -0.2) is 38.0 Å². The van der Waals surface area contributed by atoms with E-state index >= 15 is 0 Å². The van der Waals surface area contributed by atoms with Crippen molar-refractivity contribution in [1.29, 1.82) is 0 Å². The highest BCUT2D eigenvalue weighted by Gasteiger charge is 2.22. The number of hydrogen-bond acceptors (Lipinski definition) is 3. The van der Waals surface area contributed by atoms with Gasteiger partial charge in [-0.15, -0.1) is 0 Å². The minimum atomic E-state index is 0.0632. The first kappa shape index (κ1) is 13.0. The third-order valence-corrected chi connectivity index (χ3v) is 2.51. The fourth-order valence-corrected chi connectivity index (χ4v) is 1.35. The standard InChI is InChI=1S/C11H21N3O2/c1-12-10(15)3-2-7-13-8-6-11(16)14-9-4-5-9/h9,13H,2-8H2,1H3,(H,12,15)(H,14,16). The van der Waals surface area contributed by atoms with E-state index in [1.54, 1.807) is 7.05 Å². The lowest BCUT2D eigenvalue weighted by Crippen LogP contribution is -2.29. The molecule has 0 radical (unpaired) electrons. The molecule has 3 N–H and O–H groups in total. The molecule has 16 heavy (non-hydrogen) atoms. The predicted octanol–water partition coefficient (Wildman–Crippen LogP) is -0.229. The van der Waals surface area contributed by atoms with E-state index in [1.807, 2.05) is 0 Å². The second-order valence-electron chi connectivity index (χ2n) is 4.12. The van der Waals surface area contributed by atoms with Crippen molar-refractivity contribution >= 4 is 11.8 Å². The number of nitrogens with one attached hydrogen (secondary N) is 3. The van der Waals surface area contributed by atoms with E-state index < -0.39 is 0 Å². The molecule has 0 unspecified atom stereocenters. The first-order chi connectivity index (χ1) is 7.72. The molecule has 0 aromatic carbocycles. The van der Waals surface area contributed by atoms with Crippen molar-refractivity contribution in [1.82, 2.24) is 16.0 Å². The van der Waals surface area contributed by atoms with Gasteiger partial charge in [-0.05, 0) is 25.8 Å². The van der Waals surface area contributed by atoms with Crippen LogP contribution in [-0.2, 0) is 9.59 Å². The zero-order chi connectivity index (χ0) is 11.8. The van der Waals surface area contributed by atoms with Crippen molar-refractivity contribution in [2.75, 3.05) is 20.1 Å². The highest BCUT2D eigenvalue weighted by Crippen LogP contribution is 2.18. The number of carbonyl (C=O) groups is 2. The Balaban J connectivity index is 1.83. The molecule has 2 amide bonds. The van der Waals surface area contributed by atoms with Crippen LogP contribution in [0.4, 0.5) is 0 Å². The van der Waals surface area contributed by atoms with Gasteiger partial charge < -0.3 is 16.0 Å². The second-order valence-corrected chi connectivity index (χ2v) is 4.12. The summed E-state index contributed by atoms with van der Waals surface area (Å²) in [5.74, 6) is 0.189. The van der Waals surface area contributed by atoms with Crippen LogP contribution in [0.1, 0.15) is 32.1 Å². The largest absolute Gasteiger partial charge is 0.359 e. The Bertz CT molecular complexity index is 239. The molecule has 0 atom stereocenters. The zero-order valence-corrected chi connectivity index (χ0v) is 9.84. The van der Waals surface area contributed by atoms with E-state index in [4.69, 9.17) is 0 Å². The molecule has 92 valence electrons. The van der Waals surface area contributed by atoms with Crippen molar-refractivity contribution in [3.05, 3.63) is 0 Å². The molecular formula is C11H21N3O2. The summed E-state index contributed by atoms with van der Waals surface area (Å²) >= 11 is 0. The van der Waals surface area contributed by atoms with Gasteiger partial charge in [-0.25, -0.2) is 0 Å².